The summed E-state index contributed by atoms with van der Waals surface area (Å²) >= 11 is 5.93. The van der Waals surface area contributed by atoms with Crippen LogP contribution in [0.15, 0.2) is 18.2 Å². The van der Waals surface area contributed by atoms with Crippen molar-refractivity contribution < 1.29 is 9.53 Å². The van der Waals surface area contributed by atoms with Gasteiger partial charge >= 0.3 is 0 Å². The largest absolute Gasteiger partial charge is 0.496 e. The number of ether oxygens (including phenoxy) is 1. The maximum absolute atomic E-state index is 12.2. The Balaban J connectivity index is 2.14. The molecule has 0 atom stereocenters. The molecule has 1 aromatic carbocycles. The quantitative estimate of drug-likeness (QED) is 0.754. The summed E-state index contributed by atoms with van der Waals surface area (Å²) in [6.45, 7) is 0. The molecule has 2 rings (SSSR count). The van der Waals surface area contributed by atoms with Crippen molar-refractivity contribution in [3.63, 3.8) is 0 Å². The zero-order valence-electron chi connectivity index (χ0n) is 10.0. The Morgan fingerprint density at radius 2 is 2.12 bits per heavy atom. The fraction of sp³-hybridized carbons (Fsp3) is 0.500. The SMILES string of the molecule is COc1ccc(Cl)cc1C(=O)CC1CCCC1. The van der Waals surface area contributed by atoms with Crippen LogP contribution in [0.2, 0.25) is 5.02 Å². The van der Waals surface area contributed by atoms with Crippen molar-refractivity contribution in [2.24, 2.45) is 5.92 Å². The lowest BCUT2D eigenvalue weighted by Gasteiger charge is -2.11. The van der Waals surface area contributed by atoms with E-state index in [1.807, 2.05) is 0 Å². The van der Waals surface area contributed by atoms with E-state index in [0.29, 0.717) is 28.7 Å². The van der Waals surface area contributed by atoms with Gasteiger partial charge in [-0.2, -0.15) is 0 Å². The van der Waals surface area contributed by atoms with Gasteiger partial charge in [0.15, 0.2) is 5.78 Å². The van der Waals surface area contributed by atoms with Gasteiger partial charge in [-0.1, -0.05) is 37.3 Å². The fourth-order valence-electron chi connectivity index (χ4n) is 2.48. The van der Waals surface area contributed by atoms with Gasteiger partial charge in [0.05, 0.1) is 12.7 Å². The molecule has 0 heterocycles. The number of hydrogen-bond acceptors (Lipinski definition) is 2. The van der Waals surface area contributed by atoms with Crippen molar-refractivity contribution in [1.29, 1.82) is 0 Å². The van der Waals surface area contributed by atoms with Crippen LogP contribution in [0.1, 0.15) is 42.5 Å². The molecule has 1 aromatic rings. The minimum absolute atomic E-state index is 0.149. The first-order valence-corrected chi connectivity index (χ1v) is 6.45. The summed E-state index contributed by atoms with van der Waals surface area (Å²) in [7, 11) is 1.58. The Kier molecular flexibility index (Phi) is 4.06. The van der Waals surface area contributed by atoms with Gasteiger partial charge in [-0.05, 0) is 24.1 Å². The molecular formula is C14H17ClO2. The molecule has 0 aliphatic heterocycles. The van der Waals surface area contributed by atoms with Crippen LogP contribution in [0.3, 0.4) is 0 Å². The maximum Gasteiger partial charge on any atom is 0.166 e. The van der Waals surface area contributed by atoms with E-state index in [1.165, 1.54) is 25.7 Å². The number of halogens is 1. The molecule has 1 saturated carbocycles. The van der Waals surface area contributed by atoms with Gasteiger partial charge in [0.2, 0.25) is 0 Å². The molecule has 0 saturated heterocycles. The molecule has 0 unspecified atom stereocenters. The summed E-state index contributed by atoms with van der Waals surface area (Å²) < 4.78 is 5.21. The van der Waals surface area contributed by atoms with E-state index in [0.717, 1.165) is 0 Å². The highest BCUT2D eigenvalue weighted by Crippen LogP contribution is 2.31. The van der Waals surface area contributed by atoms with Gasteiger partial charge < -0.3 is 4.74 Å². The van der Waals surface area contributed by atoms with Crippen LogP contribution < -0.4 is 4.74 Å². The molecule has 0 amide bonds. The number of methoxy groups -OCH3 is 1. The van der Waals surface area contributed by atoms with Gasteiger partial charge in [-0.3, -0.25) is 4.79 Å². The summed E-state index contributed by atoms with van der Waals surface area (Å²) in [6.07, 6.45) is 5.48. The van der Waals surface area contributed by atoms with Crippen LogP contribution in [-0.2, 0) is 0 Å². The van der Waals surface area contributed by atoms with Gasteiger partial charge in [0.1, 0.15) is 5.75 Å². The molecule has 3 heteroatoms. The monoisotopic (exact) mass is 252 g/mol. The van der Waals surface area contributed by atoms with Crippen molar-refractivity contribution in [2.45, 2.75) is 32.1 Å². The number of carbonyl (C=O) groups is 1. The molecule has 1 aliphatic carbocycles. The highest BCUT2D eigenvalue weighted by Gasteiger charge is 2.21. The molecule has 0 radical (unpaired) electrons. The zero-order valence-corrected chi connectivity index (χ0v) is 10.8. The molecule has 0 bridgehead atoms. The molecule has 2 nitrogen and oxygen atoms in total. The van der Waals surface area contributed by atoms with Crippen LogP contribution >= 0.6 is 11.6 Å². The van der Waals surface area contributed by atoms with Crippen molar-refractivity contribution in [2.75, 3.05) is 7.11 Å². The van der Waals surface area contributed by atoms with E-state index >= 15 is 0 Å². The lowest BCUT2D eigenvalue weighted by atomic mass is 9.96. The first kappa shape index (κ1) is 12.4. The van der Waals surface area contributed by atoms with Crippen LogP contribution in [0, 0.1) is 5.92 Å². The van der Waals surface area contributed by atoms with E-state index in [1.54, 1.807) is 25.3 Å². The number of rotatable bonds is 4. The smallest absolute Gasteiger partial charge is 0.166 e. The Morgan fingerprint density at radius 1 is 1.41 bits per heavy atom. The molecular weight excluding hydrogens is 236 g/mol. The number of hydrogen-bond donors (Lipinski definition) is 0. The minimum Gasteiger partial charge on any atom is -0.496 e. The molecule has 1 aliphatic rings. The summed E-state index contributed by atoms with van der Waals surface area (Å²) in [5.74, 6) is 1.32. The second-order valence-corrected chi connectivity index (χ2v) is 5.06. The Hall–Kier alpha value is -1.02. The number of benzene rings is 1. The highest BCUT2D eigenvalue weighted by atomic mass is 35.5. The van der Waals surface area contributed by atoms with E-state index in [2.05, 4.69) is 0 Å². The molecule has 0 spiro atoms. The standard InChI is InChI=1S/C14H17ClO2/c1-17-14-7-6-11(15)9-12(14)13(16)8-10-4-2-3-5-10/h6-7,9-10H,2-5,8H2,1H3. The van der Waals surface area contributed by atoms with Gasteiger partial charge in [-0.15, -0.1) is 0 Å². The van der Waals surface area contributed by atoms with E-state index < -0.39 is 0 Å². The number of ketones is 1. The molecule has 1 fully saturated rings. The number of Topliss-reactive ketones (excluding diaryl/α,β-unsaturated/α-hetero) is 1. The first-order chi connectivity index (χ1) is 8.20. The van der Waals surface area contributed by atoms with Gasteiger partial charge in [0, 0.05) is 11.4 Å². The lowest BCUT2D eigenvalue weighted by molar-refractivity contribution is 0.0959. The topological polar surface area (TPSA) is 26.3 Å². The van der Waals surface area contributed by atoms with Crippen LogP contribution in [0.25, 0.3) is 0 Å². The second-order valence-electron chi connectivity index (χ2n) is 4.62. The predicted octanol–water partition coefficient (Wildman–Crippen LogP) is 4.11. The predicted molar refractivity (Wildman–Crippen MR) is 68.9 cm³/mol. The summed E-state index contributed by atoms with van der Waals surface area (Å²) in [4.78, 5) is 12.2. The molecule has 17 heavy (non-hydrogen) atoms. The average Bonchev–Trinajstić information content (AvgIpc) is 2.81. The van der Waals surface area contributed by atoms with E-state index in [9.17, 15) is 4.79 Å². The van der Waals surface area contributed by atoms with Crippen molar-refractivity contribution >= 4 is 17.4 Å². The van der Waals surface area contributed by atoms with E-state index in [4.69, 9.17) is 16.3 Å². The average molecular weight is 253 g/mol. The second kappa shape index (κ2) is 5.54. The summed E-state index contributed by atoms with van der Waals surface area (Å²) in [5, 5.41) is 0.584. The zero-order chi connectivity index (χ0) is 12.3. The third kappa shape index (κ3) is 3.01. The van der Waals surface area contributed by atoms with Crippen molar-refractivity contribution in [3.8, 4) is 5.75 Å². The maximum atomic E-state index is 12.2. The molecule has 92 valence electrons. The highest BCUT2D eigenvalue weighted by molar-refractivity contribution is 6.31. The first-order valence-electron chi connectivity index (χ1n) is 6.07. The third-order valence-electron chi connectivity index (χ3n) is 3.41. The Bertz CT molecular complexity index is 409. The van der Waals surface area contributed by atoms with Crippen LogP contribution in [0.5, 0.6) is 5.75 Å². The van der Waals surface area contributed by atoms with E-state index in [-0.39, 0.29) is 5.78 Å². The molecule has 0 N–H and O–H groups in total. The minimum atomic E-state index is 0.149. The number of carbonyl (C=O) groups excluding carboxylic acids is 1. The van der Waals surface area contributed by atoms with Crippen LogP contribution in [0.4, 0.5) is 0 Å². The lowest BCUT2D eigenvalue weighted by Crippen LogP contribution is -2.07. The normalized spacial score (nSPS) is 16.1. The third-order valence-corrected chi connectivity index (χ3v) is 3.65. The Morgan fingerprint density at radius 3 is 2.76 bits per heavy atom. The van der Waals surface area contributed by atoms with Crippen LogP contribution in [-0.4, -0.2) is 12.9 Å². The summed E-state index contributed by atoms with van der Waals surface area (Å²) in [5.41, 5.74) is 0.617. The summed E-state index contributed by atoms with van der Waals surface area (Å²) in [6, 6.07) is 5.20. The van der Waals surface area contributed by atoms with Gasteiger partial charge in [-0.25, -0.2) is 0 Å². The molecule has 0 aromatic heterocycles. The fourth-order valence-corrected chi connectivity index (χ4v) is 2.66. The van der Waals surface area contributed by atoms with Crippen molar-refractivity contribution in [1.82, 2.24) is 0 Å². The Labute approximate surface area is 107 Å². The van der Waals surface area contributed by atoms with Crippen molar-refractivity contribution in [3.05, 3.63) is 28.8 Å². The van der Waals surface area contributed by atoms with Gasteiger partial charge in [0.25, 0.3) is 0 Å².